The van der Waals surface area contributed by atoms with Crippen LogP contribution in [0.15, 0.2) is 24.3 Å². The Hall–Kier alpha value is -1.71. The average Bonchev–Trinajstić information content (AvgIpc) is 3.01. The van der Waals surface area contributed by atoms with E-state index in [9.17, 15) is 14.4 Å². The summed E-state index contributed by atoms with van der Waals surface area (Å²) in [5.74, 6) is -0.0715. The molecular formula is C26H40O4. The van der Waals surface area contributed by atoms with Crippen LogP contribution in [-0.4, -0.2) is 17.7 Å². The number of hydrogen-bond donors (Lipinski definition) is 0. The van der Waals surface area contributed by atoms with Crippen LogP contribution >= 0.6 is 0 Å². The number of esters is 2. The number of unbranched alkanes of at least 4 members (excludes halogenated alkanes) is 7. The highest BCUT2D eigenvalue weighted by atomic mass is 16.6. The third-order valence-electron chi connectivity index (χ3n) is 6.52. The van der Waals surface area contributed by atoms with Crippen molar-refractivity contribution in [3.05, 3.63) is 24.3 Å². The van der Waals surface area contributed by atoms with E-state index in [4.69, 9.17) is 4.74 Å². The summed E-state index contributed by atoms with van der Waals surface area (Å²) in [7, 11) is 0. The van der Waals surface area contributed by atoms with Crippen LogP contribution in [0.4, 0.5) is 0 Å². The molecule has 2 unspecified atom stereocenters. The molecule has 168 valence electrons. The number of carbonyl (C=O) groups excluding carboxylic acids is 3. The summed E-state index contributed by atoms with van der Waals surface area (Å²) in [6.07, 6.45) is 24.0. The zero-order chi connectivity index (χ0) is 21.6. The molecule has 0 aromatic rings. The van der Waals surface area contributed by atoms with E-state index in [1.807, 2.05) is 6.08 Å². The third kappa shape index (κ3) is 8.97. The first-order valence-corrected chi connectivity index (χ1v) is 12.2. The number of hydrogen-bond acceptors (Lipinski definition) is 4. The molecule has 30 heavy (non-hydrogen) atoms. The Morgan fingerprint density at radius 3 is 2.47 bits per heavy atom. The van der Waals surface area contributed by atoms with Crippen molar-refractivity contribution in [3.63, 3.8) is 0 Å². The van der Waals surface area contributed by atoms with Crippen LogP contribution in [0.1, 0.15) is 103 Å². The Morgan fingerprint density at radius 1 is 1.03 bits per heavy atom. The quantitative estimate of drug-likeness (QED) is 0.125. The lowest BCUT2D eigenvalue weighted by Gasteiger charge is -2.23. The van der Waals surface area contributed by atoms with Gasteiger partial charge in [0.2, 0.25) is 0 Å². The lowest BCUT2D eigenvalue weighted by atomic mass is 9.80. The number of ketones is 1. The number of Topliss-reactive ketones (excluding diaryl/α,β-unsaturated/α-hetero) is 1. The predicted molar refractivity (Wildman–Crippen MR) is 120 cm³/mol. The molecule has 4 heteroatoms. The highest BCUT2D eigenvalue weighted by Crippen LogP contribution is 2.30. The van der Waals surface area contributed by atoms with E-state index < -0.39 is 0 Å². The Morgan fingerprint density at radius 2 is 1.80 bits per heavy atom. The monoisotopic (exact) mass is 416 g/mol. The summed E-state index contributed by atoms with van der Waals surface area (Å²) in [6, 6.07) is 0. The number of cyclic esters (lactones) is 2. The van der Waals surface area contributed by atoms with Crippen LogP contribution in [0.2, 0.25) is 0 Å². The van der Waals surface area contributed by atoms with Crippen LogP contribution in [0.3, 0.4) is 0 Å². The van der Waals surface area contributed by atoms with Crippen molar-refractivity contribution in [1.82, 2.24) is 0 Å². The normalized spacial score (nSPS) is 20.8. The van der Waals surface area contributed by atoms with Gasteiger partial charge in [-0.3, -0.25) is 14.4 Å². The van der Waals surface area contributed by atoms with E-state index in [-0.39, 0.29) is 30.2 Å². The molecule has 0 spiro atoms. The summed E-state index contributed by atoms with van der Waals surface area (Å²) < 4.78 is 4.75. The molecule has 0 radical (unpaired) electrons. The third-order valence-corrected chi connectivity index (χ3v) is 6.52. The Balaban J connectivity index is 1.56. The van der Waals surface area contributed by atoms with E-state index in [0.29, 0.717) is 11.7 Å². The fraction of sp³-hybridized carbons (Fsp3) is 0.731. The average molecular weight is 417 g/mol. The Bertz CT molecular complexity index is 600. The second-order valence-corrected chi connectivity index (χ2v) is 8.98. The Kier molecular flexibility index (Phi) is 11.7. The molecule has 2 rings (SSSR count). The highest BCUT2D eigenvalue weighted by molar-refractivity contribution is 5.94. The first-order chi connectivity index (χ1) is 14.6. The maximum absolute atomic E-state index is 11.9. The van der Waals surface area contributed by atoms with Crippen molar-refractivity contribution in [1.29, 1.82) is 0 Å². The van der Waals surface area contributed by atoms with Crippen LogP contribution in [0.5, 0.6) is 0 Å². The van der Waals surface area contributed by atoms with Gasteiger partial charge in [0.15, 0.2) is 0 Å². The van der Waals surface area contributed by atoms with Gasteiger partial charge in [-0.1, -0.05) is 76.2 Å². The van der Waals surface area contributed by atoms with E-state index in [0.717, 1.165) is 64.2 Å². The molecule has 1 aliphatic carbocycles. The maximum Gasteiger partial charge on any atom is 0.317 e. The first kappa shape index (κ1) is 24.6. The fourth-order valence-electron chi connectivity index (χ4n) is 4.29. The van der Waals surface area contributed by atoms with Gasteiger partial charge >= 0.3 is 11.9 Å². The van der Waals surface area contributed by atoms with Gasteiger partial charge in [0.25, 0.3) is 0 Å². The van der Waals surface area contributed by atoms with Crippen molar-refractivity contribution in [2.24, 2.45) is 17.8 Å². The number of ether oxygens (including phenoxy) is 1. The molecule has 0 aromatic heterocycles. The summed E-state index contributed by atoms with van der Waals surface area (Å²) in [5.41, 5.74) is 0. The Labute approximate surface area is 182 Å². The van der Waals surface area contributed by atoms with Gasteiger partial charge in [-0.05, 0) is 44.4 Å². The molecule has 1 saturated carbocycles. The second kappa shape index (κ2) is 14.3. The van der Waals surface area contributed by atoms with Crippen LogP contribution in [-0.2, 0) is 19.1 Å². The van der Waals surface area contributed by atoms with Gasteiger partial charge in [-0.15, -0.1) is 0 Å². The topological polar surface area (TPSA) is 60.4 Å². The zero-order valence-electron chi connectivity index (χ0n) is 18.8. The van der Waals surface area contributed by atoms with Crippen LogP contribution in [0, 0.1) is 17.8 Å². The minimum Gasteiger partial charge on any atom is -0.393 e. The van der Waals surface area contributed by atoms with E-state index in [1.165, 1.54) is 25.7 Å². The minimum atomic E-state index is -0.387. The van der Waals surface area contributed by atoms with E-state index in [2.05, 4.69) is 25.2 Å². The second-order valence-electron chi connectivity index (χ2n) is 8.98. The molecule has 2 atom stereocenters. The molecule has 0 bridgehead atoms. The minimum absolute atomic E-state index is 0.0859. The van der Waals surface area contributed by atoms with Gasteiger partial charge in [-0.25, -0.2) is 0 Å². The predicted octanol–water partition coefficient (Wildman–Crippen LogP) is 6.48. The van der Waals surface area contributed by atoms with Crippen molar-refractivity contribution < 1.29 is 19.1 Å². The summed E-state index contributed by atoms with van der Waals surface area (Å²) >= 11 is 0. The molecule has 0 N–H and O–H groups in total. The molecule has 0 aromatic carbocycles. The number of allylic oxidation sites excluding steroid dienone is 4. The fourth-order valence-corrected chi connectivity index (χ4v) is 4.29. The van der Waals surface area contributed by atoms with Gasteiger partial charge in [0.1, 0.15) is 5.78 Å². The van der Waals surface area contributed by atoms with Crippen LogP contribution in [0.25, 0.3) is 0 Å². The largest absolute Gasteiger partial charge is 0.393 e. The van der Waals surface area contributed by atoms with E-state index >= 15 is 0 Å². The summed E-state index contributed by atoms with van der Waals surface area (Å²) in [6.45, 7) is 2.16. The van der Waals surface area contributed by atoms with Crippen molar-refractivity contribution in [3.8, 4) is 0 Å². The summed E-state index contributed by atoms with van der Waals surface area (Å²) in [5, 5.41) is 0. The maximum atomic E-state index is 11.9. The lowest BCUT2D eigenvalue weighted by Crippen LogP contribution is -2.21. The van der Waals surface area contributed by atoms with Crippen molar-refractivity contribution in [2.75, 3.05) is 0 Å². The standard InChI is InChI=1S/C26H40O4/c1-2-3-11-15-21(23-20-25(28)30-26(23)29)16-12-9-7-5-4-6-8-10-13-19-24(27)22-17-14-18-22/h7,9,12,16,21-23H,2-6,8,10-11,13-15,17-20H2,1H3/b9-7-,16-12+. The van der Waals surface area contributed by atoms with Crippen LogP contribution < -0.4 is 0 Å². The van der Waals surface area contributed by atoms with Crippen molar-refractivity contribution >= 4 is 17.7 Å². The smallest absolute Gasteiger partial charge is 0.317 e. The molecule has 1 aliphatic heterocycles. The van der Waals surface area contributed by atoms with Gasteiger partial charge < -0.3 is 4.74 Å². The molecule has 1 heterocycles. The van der Waals surface area contributed by atoms with E-state index in [1.54, 1.807) is 0 Å². The number of rotatable bonds is 16. The van der Waals surface area contributed by atoms with Crippen molar-refractivity contribution in [2.45, 2.75) is 103 Å². The van der Waals surface area contributed by atoms with Gasteiger partial charge in [0.05, 0.1) is 12.3 Å². The molecule has 1 saturated heterocycles. The lowest BCUT2D eigenvalue weighted by molar-refractivity contribution is -0.153. The van der Waals surface area contributed by atoms with Gasteiger partial charge in [-0.2, -0.15) is 0 Å². The molecule has 2 fully saturated rings. The molecule has 4 nitrogen and oxygen atoms in total. The van der Waals surface area contributed by atoms with Gasteiger partial charge in [0, 0.05) is 12.3 Å². The molecule has 2 aliphatic rings. The zero-order valence-corrected chi connectivity index (χ0v) is 18.8. The molecule has 0 amide bonds. The summed E-state index contributed by atoms with van der Waals surface area (Å²) in [4.78, 5) is 35.2. The first-order valence-electron chi connectivity index (χ1n) is 12.2. The number of carbonyl (C=O) groups is 3. The SMILES string of the molecule is CCCCCC(/C=C/C=C\CCCCCCCC(=O)C1CCC1)C1CC(=O)OC1=O. The highest BCUT2D eigenvalue weighted by Gasteiger charge is 2.37. The molecular weight excluding hydrogens is 376 g/mol.